The highest BCUT2D eigenvalue weighted by atomic mass is 16.1. The normalized spacial score (nSPS) is 13.9. The number of hydrogen-bond donors (Lipinski definition) is 1. The fraction of sp³-hybridized carbons (Fsp3) is 0.222. The van der Waals surface area contributed by atoms with Gasteiger partial charge in [-0.1, -0.05) is 35.9 Å². The van der Waals surface area contributed by atoms with Crippen molar-refractivity contribution in [3.05, 3.63) is 89.1 Å². The van der Waals surface area contributed by atoms with E-state index in [1.807, 2.05) is 18.2 Å². The van der Waals surface area contributed by atoms with Gasteiger partial charge < -0.3 is 14.8 Å². The number of nitrogens with one attached hydrogen (secondary N) is 1. The van der Waals surface area contributed by atoms with E-state index in [1.165, 1.54) is 33.4 Å². The largest absolute Gasteiger partial charge is 0.355 e. The molecule has 0 saturated carbocycles. The Morgan fingerprint density at radius 2 is 1.74 bits per heavy atom. The Morgan fingerprint density at radius 1 is 0.968 bits per heavy atom. The summed E-state index contributed by atoms with van der Waals surface area (Å²) in [6.07, 6.45) is 1.04. The van der Waals surface area contributed by atoms with Gasteiger partial charge in [0.05, 0.1) is 5.52 Å². The van der Waals surface area contributed by atoms with Gasteiger partial charge in [0, 0.05) is 48.9 Å². The molecule has 4 aromatic rings. The van der Waals surface area contributed by atoms with Crippen LogP contribution in [0, 0.1) is 6.92 Å². The average Bonchev–Trinajstić information content (AvgIpc) is 3.11. The van der Waals surface area contributed by atoms with Crippen molar-refractivity contribution in [3.8, 4) is 16.8 Å². The minimum Gasteiger partial charge on any atom is -0.355 e. The fourth-order valence-corrected chi connectivity index (χ4v) is 4.71. The predicted molar refractivity (Wildman–Crippen MR) is 127 cm³/mol. The maximum Gasteiger partial charge on any atom is 0.251 e. The van der Waals surface area contributed by atoms with E-state index < -0.39 is 0 Å². The van der Waals surface area contributed by atoms with Gasteiger partial charge in [0.25, 0.3) is 5.91 Å². The highest BCUT2D eigenvalue weighted by Crippen LogP contribution is 2.35. The van der Waals surface area contributed by atoms with E-state index >= 15 is 0 Å². The number of aromatic nitrogens is 1. The molecule has 1 aromatic heterocycles. The number of likely N-dealkylation sites (N-methyl/N-ethyl adjacent to an activating group) is 1. The number of carbonyl (C=O) groups excluding carboxylic acids is 1. The second-order valence-corrected chi connectivity index (χ2v) is 8.48. The van der Waals surface area contributed by atoms with Crippen molar-refractivity contribution in [2.45, 2.75) is 19.9 Å². The molecule has 31 heavy (non-hydrogen) atoms. The first-order valence-electron chi connectivity index (χ1n) is 10.8. The highest BCUT2D eigenvalue weighted by molar-refractivity contribution is 5.95. The molecule has 0 bridgehead atoms. The zero-order chi connectivity index (χ0) is 21.5. The first-order chi connectivity index (χ1) is 15.0. The van der Waals surface area contributed by atoms with Crippen molar-refractivity contribution in [3.63, 3.8) is 0 Å². The number of carbonyl (C=O) groups is 1. The van der Waals surface area contributed by atoms with Crippen LogP contribution in [0.4, 0.5) is 0 Å². The Hall–Kier alpha value is -3.37. The maximum absolute atomic E-state index is 12.1. The molecule has 1 N–H and O–H groups in total. The molecule has 0 fully saturated rings. The highest BCUT2D eigenvalue weighted by Gasteiger charge is 2.23. The fourth-order valence-electron chi connectivity index (χ4n) is 4.71. The van der Waals surface area contributed by atoms with E-state index in [0.717, 1.165) is 30.6 Å². The molecule has 1 amide bonds. The summed E-state index contributed by atoms with van der Waals surface area (Å²) in [6, 6.07) is 23.2. The standard InChI is InChI=1S/C27H27N3O/c1-18-10-11-25-23(14-18)24-17-29(3)13-12-26(24)30(25)22-9-5-7-20(16-22)19-6-4-8-21(15-19)27(31)28-2/h4-11,14-16H,12-13,17H2,1-3H3,(H,28,31). The van der Waals surface area contributed by atoms with E-state index in [-0.39, 0.29) is 5.91 Å². The summed E-state index contributed by atoms with van der Waals surface area (Å²) in [6.45, 7) is 4.21. The molecule has 0 unspecified atom stereocenters. The first-order valence-corrected chi connectivity index (χ1v) is 10.8. The zero-order valence-electron chi connectivity index (χ0n) is 18.3. The summed E-state index contributed by atoms with van der Waals surface area (Å²) in [5, 5.41) is 4.06. The summed E-state index contributed by atoms with van der Waals surface area (Å²) in [5.74, 6) is -0.0667. The van der Waals surface area contributed by atoms with Gasteiger partial charge in [-0.25, -0.2) is 0 Å². The molecule has 0 aliphatic carbocycles. The second kappa shape index (κ2) is 7.71. The van der Waals surface area contributed by atoms with Crippen molar-refractivity contribution >= 4 is 16.8 Å². The van der Waals surface area contributed by atoms with Gasteiger partial charge in [0.1, 0.15) is 0 Å². The number of fused-ring (bicyclic) bond motifs is 3. The predicted octanol–water partition coefficient (Wildman–Crippen LogP) is 4.95. The molecule has 2 heterocycles. The van der Waals surface area contributed by atoms with Crippen molar-refractivity contribution in [1.82, 2.24) is 14.8 Å². The van der Waals surface area contributed by atoms with Crippen LogP contribution in [0.3, 0.4) is 0 Å². The summed E-state index contributed by atoms with van der Waals surface area (Å²) < 4.78 is 2.43. The van der Waals surface area contributed by atoms with Crippen LogP contribution in [0.25, 0.3) is 27.7 Å². The lowest BCUT2D eigenvalue weighted by Gasteiger charge is -2.24. The third-order valence-corrected chi connectivity index (χ3v) is 6.28. The molecule has 3 aromatic carbocycles. The summed E-state index contributed by atoms with van der Waals surface area (Å²) in [5.41, 5.74) is 9.41. The van der Waals surface area contributed by atoms with Gasteiger partial charge in [0.15, 0.2) is 0 Å². The van der Waals surface area contributed by atoms with E-state index in [1.54, 1.807) is 7.05 Å². The van der Waals surface area contributed by atoms with E-state index in [2.05, 4.69) is 77.3 Å². The number of amides is 1. The second-order valence-electron chi connectivity index (χ2n) is 8.48. The molecule has 0 saturated heterocycles. The summed E-state index contributed by atoms with van der Waals surface area (Å²) >= 11 is 0. The Morgan fingerprint density at radius 3 is 2.55 bits per heavy atom. The molecule has 0 radical (unpaired) electrons. The molecular weight excluding hydrogens is 382 g/mol. The van der Waals surface area contributed by atoms with Gasteiger partial charge in [-0.2, -0.15) is 0 Å². The van der Waals surface area contributed by atoms with Crippen molar-refractivity contribution in [2.75, 3.05) is 20.6 Å². The average molecular weight is 410 g/mol. The smallest absolute Gasteiger partial charge is 0.251 e. The van der Waals surface area contributed by atoms with Gasteiger partial charge >= 0.3 is 0 Å². The molecule has 0 spiro atoms. The van der Waals surface area contributed by atoms with Crippen molar-refractivity contribution in [2.24, 2.45) is 0 Å². The third-order valence-electron chi connectivity index (χ3n) is 6.28. The lowest BCUT2D eigenvalue weighted by Crippen LogP contribution is -2.27. The molecule has 4 heteroatoms. The molecule has 156 valence electrons. The number of benzene rings is 3. The van der Waals surface area contributed by atoms with E-state index in [4.69, 9.17) is 0 Å². The lowest BCUT2D eigenvalue weighted by molar-refractivity contribution is 0.0963. The Labute approximate surface area is 183 Å². The lowest BCUT2D eigenvalue weighted by atomic mass is 10.0. The molecule has 0 atom stereocenters. The summed E-state index contributed by atoms with van der Waals surface area (Å²) in [7, 11) is 3.86. The maximum atomic E-state index is 12.1. The minimum absolute atomic E-state index is 0.0667. The number of nitrogens with zero attached hydrogens (tertiary/aromatic N) is 2. The van der Waals surface area contributed by atoms with Crippen LogP contribution in [-0.4, -0.2) is 36.0 Å². The number of hydrogen-bond acceptors (Lipinski definition) is 2. The SMILES string of the molecule is CNC(=O)c1cccc(-c2cccc(-n3c4c(c5cc(C)ccc53)CN(C)CC4)c2)c1. The molecule has 5 rings (SSSR count). The van der Waals surface area contributed by atoms with Crippen molar-refractivity contribution < 1.29 is 4.79 Å². The van der Waals surface area contributed by atoms with E-state index in [9.17, 15) is 4.79 Å². The third kappa shape index (κ3) is 3.43. The monoisotopic (exact) mass is 409 g/mol. The van der Waals surface area contributed by atoms with Gasteiger partial charge in [-0.05, 0) is 67.1 Å². The van der Waals surface area contributed by atoms with Crippen LogP contribution in [-0.2, 0) is 13.0 Å². The zero-order valence-corrected chi connectivity index (χ0v) is 18.3. The molecule has 1 aliphatic rings. The Bertz CT molecular complexity index is 1300. The quantitative estimate of drug-likeness (QED) is 0.520. The van der Waals surface area contributed by atoms with Gasteiger partial charge in [0.2, 0.25) is 0 Å². The van der Waals surface area contributed by atoms with E-state index in [0.29, 0.717) is 5.56 Å². The van der Waals surface area contributed by atoms with Crippen LogP contribution >= 0.6 is 0 Å². The van der Waals surface area contributed by atoms with Crippen LogP contribution in [0.1, 0.15) is 27.2 Å². The first kappa shape index (κ1) is 19.6. The van der Waals surface area contributed by atoms with Crippen LogP contribution in [0.2, 0.25) is 0 Å². The number of aryl methyl sites for hydroxylation is 1. The Balaban J connectivity index is 1.67. The van der Waals surface area contributed by atoms with Gasteiger partial charge in [-0.15, -0.1) is 0 Å². The minimum atomic E-state index is -0.0667. The number of rotatable bonds is 3. The van der Waals surface area contributed by atoms with Crippen LogP contribution in [0.5, 0.6) is 0 Å². The van der Waals surface area contributed by atoms with Crippen LogP contribution < -0.4 is 5.32 Å². The topological polar surface area (TPSA) is 37.3 Å². The van der Waals surface area contributed by atoms with Crippen molar-refractivity contribution in [1.29, 1.82) is 0 Å². The van der Waals surface area contributed by atoms with Gasteiger partial charge in [-0.3, -0.25) is 4.79 Å². The molecular formula is C27H27N3O. The Kier molecular flexibility index (Phi) is 4.87. The van der Waals surface area contributed by atoms with Crippen LogP contribution in [0.15, 0.2) is 66.7 Å². The molecule has 4 nitrogen and oxygen atoms in total. The molecule has 1 aliphatic heterocycles. The summed E-state index contributed by atoms with van der Waals surface area (Å²) in [4.78, 5) is 14.5.